The molecule has 174 valence electrons. The van der Waals surface area contributed by atoms with Gasteiger partial charge < -0.3 is 14.8 Å². The number of carbonyl (C=O) groups excluding carboxylic acids is 1. The lowest BCUT2D eigenvalue weighted by Crippen LogP contribution is -2.40. The highest BCUT2D eigenvalue weighted by Gasteiger charge is 2.26. The lowest BCUT2D eigenvalue weighted by Gasteiger charge is -2.26. The first-order valence-corrected chi connectivity index (χ1v) is 12.8. The number of ether oxygens (including phenoxy) is 2. The average Bonchev–Trinajstić information content (AvgIpc) is 2.78. The second-order valence-corrected chi connectivity index (χ2v) is 10.6. The first kappa shape index (κ1) is 24.1. The molecule has 10 nitrogen and oxygen atoms in total. The Kier molecular flexibility index (Phi) is 7.85. The van der Waals surface area contributed by atoms with E-state index in [1.54, 1.807) is 0 Å². The van der Waals surface area contributed by atoms with Crippen LogP contribution in [0, 0.1) is 0 Å². The zero-order chi connectivity index (χ0) is 23.2. The Hall–Kier alpha value is -2.51. The van der Waals surface area contributed by atoms with E-state index in [0.717, 1.165) is 0 Å². The largest absolute Gasteiger partial charge is 0.492 e. The summed E-state index contributed by atoms with van der Waals surface area (Å²) >= 11 is 0. The van der Waals surface area contributed by atoms with E-state index in [2.05, 4.69) is 10.0 Å². The van der Waals surface area contributed by atoms with Gasteiger partial charge in [0.2, 0.25) is 26.0 Å². The first-order chi connectivity index (χ1) is 15.2. The van der Waals surface area contributed by atoms with Crippen molar-refractivity contribution in [1.29, 1.82) is 0 Å². The molecule has 1 heterocycles. The third-order valence-corrected chi connectivity index (χ3v) is 7.97. The summed E-state index contributed by atoms with van der Waals surface area (Å²) < 4.78 is 64.4. The van der Waals surface area contributed by atoms with Crippen LogP contribution in [-0.4, -0.2) is 66.5 Å². The summed E-state index contributed by atoms with van der Waals surface area (Å²) in [5, 5.41) is 2.57. The summed E-state index contributed by atoms with van der Waals surface area (Å²) in [5.74, 6) is 0.174. The molecule has 0 unspecified atom stereocenters. The summed E-state index contributed by atoms with van der Waals surface area (Å²) in [7, 11) is -7.32. The third kappa shape index (κ3) is 6.26. The number of rotatable bonds is 9. The molecule has 2 N–H and O–H groups in total. The van der Waals surface area contributed by atoms with Gasteiger partial charge in [0.1, 0.15) is 12.4 Å². The van der Waals surface area contributed by atoms with Crippen LogP contribution in [0.25, 0.3) is 0 Å². The highest BCUT2D eigenvalue weighted by molar-refractivity contribution is 7.89. The fraction of sp³-hybridized carbons (Fsp3) is 0.350. The van der Waals surface area contributed by atoms with E-state index in [1.807, 2.05) is 0 Å². The van der Waals surface area contributed by atoms with Crippen LogP contribution in [0.1, 0.15) is 6.92 Å². The second kappa shape index (κ2) is 10.4. The standard InChI is InChI=1S/C20H25N3O7S2/c1-16(24)22-17-2-6-19(7-3-17)31(25,26)21-10-13-30-18-4-8-20(9-5-18)32(27,28)23-11-14-29-15-12-23/h2-9,21H,10-15H2,1H3,(H,22,24). The van der Waals surface area contributed by atoms with Gasteiger partial charge in [0, 0.05) is 32.2 Å². The van der Waals surface area contributed by atoms with E-state index in [4.69, 9.17) is 9.47 Å². The monoisotopic (exact) mass is 483 g/mol. The minimum atomic E-state index is -3.74. The number of nitrogens with zero attached hydrogens (tertiary/aromatic N) is 1. The molecule has 0 aromatic heterocycles. The molecule has 1 fully saturated rings. The molecule has 0 spiro atoms. The molecule has 32 heavy (non-hydrogen) atoms. The molecular weight excluding hydrogens is 458 g/mol. The molecule has 1 aliphatic heterocycles. The molecule has 1 saturated heterocycles. The lowest BCUT2D eigenvalue weighted by molar-refractivity contribution is -0.114. The van der Waals surface area contributed by atoms with E-state index >= 15 is 0 Å². The zero-order valence-corrected chi connectivity index (χ0v) is 19.1. The average molecular weight is 484 g/mol. The molecule has 2 aromatic rings. The minimum absolute atomic E-state index is 0.0175. The Morgan fingerprint density at radius 3 is 2.16 bits per heavy atom. The van der Waals surface area contributed by atoms with Crippen LogP contribution < -0.4 is 14.8 Å². The van der Waals surface area contributed by atoms with Gasteiger partial charge in [-0.25, -0.2) is 21.6 Å². The smallest absolute Gasteiger partial charge is 0.243 e. The Balaban J connectivity index is 1.50. The van der Waals surface area contributed by atoms with E-state index in [-0.39, 0.29) is 28.8 Å². The summed E-state index contributed by atoms with van der Waals surface area (Å²) in [4.78, 5) is 11.3. The summed E-state index contributed by atoms with van der Waals surface area (Å²) in [6.45, 7) is 2.81. The van der Waals surface area contributed by atoms with E-state index < -0.39 is 20.0 Å². The molecule has 3 rings (SSSR count). The fourth-order valence-electron chi connectivity index (χ4n) is 2.99. The number of amides is 1. The van der Waals surface area contributed by atoms with Crippen LogP contribution in [-0.2, 0) is 29.6 Å². The van der Waals surface area contributed by atoms with Crippen molar-refractivity contribution in [2.45, 2.75) is 16.7 Å². The van der Waals surface area contributed by atoms with Crippen LogP contribution in [0.3, 0.4) is 0 Å². The molecule has 0 atom stereocenters. The number of morpholine rings is 1. The molecule has 1 amide bonds. The number of nitrogens with one attached hydrogen (secondary N) is 2. The molecule has 2 aromatic carbocycles. The third-order valence-electron chi connectivity index (χ3n) is 4.58. The SMILES string of the molecule is CC(=O)Nc1ccc(S(=O)(=O)NCCOc2ccc(S(=O)(=O)N3CCOCC3)cc2)cc1. The summed E-state index contributed by atoms with van der Waals surface area (Å²) in [6, 6.07) is 11.8. The highest BCUT2D eigenvalue weighted by atomic mass is 32.2. The van der Waals surface area contributed by atoms with Crippen molar-refractivity contribution in [1.82, 2.24) is 9.03 Å². The van der Waals surface area contributed by atoms with Crippen LogP contribution in [0.5, 0.6) is 5.75 Å². The maximum atomic E-state index is 12.6. The first-order valence-electron chi connectivity index (χ1n) is 9.86. The molecule has 12 heteroatoms. The number of anilines is 1. The van der Waals surface area contributed by atoms with Gasteiger partial charge in [-0.2, -0.15) is 4.31 Å². The van der Waals surface area contributed by atoms with E-state index in [9.17, 15) is 21.6 Å². The van der Waals surface area contributed by atoms with Gasteiger partial charge in [0.05, 0.1) is 23.0 Å². The molecule has 0 bridgehead atoms. The quantitative estimate of drug-likeness (QED) is 0.509. The van der Waals surface area contributed by atoms with Crippen molar-refractivity contribution in [3.05, 3.63) is 48.5 Å². The number of sulfonamides is 2. The molecule has 0 saturated carbocycles. The van der Waals surface area contributed by atoms with Crippen molar-refractivity contribution in [2.24, 2.45) is 0 Å². The van der Waals surface area contributed by atoms with Gasteiger partial charge >= 0.3 is 0 Å². The van der Waals surface area contributed by atoms with Crippen LogP contribution in [0.4, 0.5) is 5.69 Å². The van der Waals surface area contributed by atoms with Crippen LogP contribution in [0.15, 0.2) is 58.3 Å². The lowest BCUT2D eigenvalue weighted by atomic mass is 10.3. The predicted octanol–water partition coefficient (Wildman–Crippen LogP) is 1.02. The normalized spacial score (nSPS) is 15.3. The molecule has 0 aliphatic carbocycles. The van der Waals surface area contributed by atoms with Crippen molar-refractivity contribution in [3.8, 4) is 5.75 Å². The molecule has 1 aliphatic rings. The summed E-state index contributed by atoms with van der Waals surface area (Å²) in [6.07, 6.45) is 0. The van der Waals surface area contributed by atoms with Gasteiger partial charge in [0.15, 0.2) is 0 Å². The van der Waals surface area contributed by atoms with E-state index in [1.165, 1.54) is 59.8 Å². The fourth-order valence-corrected chi connectivity index (χ4v) is 5.41. The summed E-state index contributed by atoms with van der Waals surface area (Å²) in [5.41, 5.74) is 0.499. The van der Waals surface area contributed by atoms with Crippen LogP contribution >= 0.6 is 0 Å². The topological polar surface area (TPSA) is 131 Å². The molecular formula is C20H25N3O7S2. The van der Waals surface area contributed by atoms with Gasteiger partial charge in [-0.05, 0) is 48.5 Å². The Morgan fingerprint density at radius 2 is 1.56 bits per heavy atom. The Bertz CT molecular complexity index is 1130. The van der Waals surface area contributed by atoms with E-state index in [0.29, 0.717) is 37.7 Å². The number of benzene rings is 2. The predicted molar refractivity (Wildman–Crippen MR) is 117 cm³/mol. The highest BCUT2D eigenvalue weighted by Crippen LogP contribution is 2.20. The van der Waals surface area contributed by atoms with Gasteiger partial charge in [-0.15, -0.1) is 0 Å². The zero-order valence-electron chi connectivity index (χ0n) is 17.5. The maximum Gasteiger partial charge on any atom is 0.243 e. The van der Waals surface area contributed by atoms with Crippen molar-refractivity contribution in [3.63, 3.8) is 0 Å². The van der Waals surface area contributed by atoms with Crippen molar-refractivity contribution in [2.75, 3.05) is 44.8 Å². The van der Waals surface area contributed by atoms with Gasteiger partial charge in [0.25, 0.3) is 0 Å². The minimum Gasteiger partial charge on any atom is -0.492 e. The maximum absolute atomic E-state index is 12.6. The van der Waals surface area contributed by atoms with Crippen molar-refractivity contribution < 1.29 is 31.1 Å². The number of hydrogen-bond acceptors (Lipinski definition) is 7. The Morgan fingerprint density at radius 1 is 0.969 bits per heavy atom. The van der Waals surface area contributed by atoms with Crippen LogP contribution in [0.2, 0.25) is 0 Å². The second-order valence-electron chi connectivity index (χ2n) is 6.94. The molecule has 0 radical (unpaired) electrons. The Labute approximate surface area is 187 Å². The number of hydrogen-bond donors (Lipinski definition) is 2. The van der Waals surface area contributed by atoms with Gasteiger partial charge in [-0.3, -0.25) is 4.79 Å². The number of carbonyl (C=O) groups is 1. The van der Waals surface area contributed by atoms with Crippen molar-refractivity contribution >= 4 is 31.6 Å². The van der Waals surface area contributed by atoms with Gasteiger partial charge in [-0.1, -0.05) is 0 Å².